The lowest BCUT2D eigenvalue weighted by Gasteiger charge is -2.09. The number of carbonyl (C=O) groups is 1. The van der Waals surface area contributed by atoms with Crippen molar-refractivity contribution in [2.45, 2.75) is 32.2 Å². The third kappa shape index (κ3) is 3.84. The molecule has 156 valence electrons. The van der Waals surface area contributed by atoms with Crippen LogP contribution < -0.4 is 5.32 Å². The molecule has 1 aliphatic heterocycles. The Morgan fingerprint density at radius 1 is 1.00 bits per heavy atom. The standard InChI is InChI=1S/C23H20FN5O2/c24-17-11-10-16(22-27-26-21-9-5-2-6-12-29(21)22)13-19(17)25-23(30)20-14-18(28-31-20)15-7-3-1-4-8-15/h1,3-4,7-8,10-11,13-14H,2,5-6,9,12H2,(H,25,30). The summed E-state index contributed by atoms with van der Waals surface area (Å²) in [5.41, 5.74) is 2.10. The van der Waals surface area contributed by atoms with Crippen molar-refractivity contribution < 1.29 is 13.7 Å². The molecule has 4 aromatic rings. The Morgan fingerprint density at radius 3 is 2.74 bits per heavy atom. The number of amides is 1. The zero-order valence-corrected chi connectivity index (χ0v) is 16.7. The van der Waals surface area contributed by atoms with Crippen LogP contribution >= 0.6 is 0 Å². The summed E-state index contributed by atoms with van der Waals surface area (Å²) < 4.78 is 21.7. The Bertz CT molecular complexity index is 1230. The molecule has 3 heterocycles. The highest BCUT2D eigenvalue weighted by Gasteiger charge is 2.19. The molecular weight excluding hydrogens is 397 g/mol. The topological polar surface area (TPSA) is 85.8 Å². The van der Waals surface area contributed by atoms with Gasteiger partial charge < -0.3 is 14.4 Å². The molecule has 1 aliphatic rings. The molecule has 0 bridgehead atoms. The summed E-state index contributed by atoms with van der Waals surface area (Å²) in [6, 6.07) is 15.4. The lowest BCUT2D eigenvalue weighted by atomic mass is 10.1. The molecule has 2 aromatic heterocycles. The summed E-state index contributed by atoms with van der Waals surface area (Å²) in [4.78, 5) is 12.6. The van der Waals surface area contributed by atoms with Gasteiger partial charge in [0, 0.05) is 30.2 Å². The van der Waals surface area contributed by atoms with Crippen LogP contribution in [0.25, 0.3) is 22.6 Å². The van der Waals surface area contributed by atoms with E-state index < -0.39 is 11.7 Å². The highest BCUT2D eigenvalue weighted by molar-refractivity contribution is 6.03. The fraction of sp³-hybridized carbons (Fsp3) is 0.217. The van der Waals surface area contributed by atoms with E-state index in [-0.39, 0.29) is 11.4 Å². The molecule has 1 amide bonds. The Kier molecular flexibility index (Phi) is 5.03. The number of hydrogen-bond donors (Lipinski definition) is 1. The number of carbonyl (C=O) groups excluding carboxylic acids is 1. The maximum Gasteiger partial charge on any atom is 0.294 e. The molecule has 5 rings (SSSR count). The third-order valence-electron chi connectivity index (χ3n) is 5.39. The number of benzene rings is 2. The van der Waals surface area contributed by atoms with Gasteiger partial charge in [-0.05, 0) is 31.0 Å². The van der Waals surface area contributed by atoms with Crippen LogP contribution in [-0.4, -0.2) is 25.8 Å². The average molecular weight is 417 g/mol. The van der Waals surface area contributed by atoms with E-state index in [1.54, 1.807) is 12.1 Å². The molecule has 0 saturated heterocycles. The molecular formula is C23H20FN5O2. The predicted molar refractivity (Wildman–Crippen MR) is 113 cm³/mol. The van der Waals surface area contributed by atoms with Gasteiger partial charge in [0.05, 0.1) is 5.69 Å². The Morgan fingerprint density at radius 2 is 1.87 bits per heavy atom. The van der Waals surface area contributed by atoms with Crippen LogP contribution in [0.3, 0.4) is 0 Å². The summed E-state index contributed by atoms with van der Waals surface area (Å²) >= 11 is 0. The van der Waals surface area contributed by atoms with Crippen LogP contribution in [-0.2, 0) is 13.0 Å². The molecule has 0 spiro atoms. The largest absolute Gasteiger partial charge is 0.350 e. The average Bonchev–Trinajstić information content (AvgIpc) is 3.38. The van der Waals surface area contributed by atoms with E-state index in [1.165, 1.54) is 12.1 Å². The SMILES string of the molecule is O=C(Nc1cc(-c2nnc3n2CCCCC3)ccc1F)c1cc(-c2ccccc2)no1. The van der Waals surface area contributed by atoms with Crippen molar-refractivity contribution >= 4 is 11.6 Å². The molecule has 0 fully saturated rings. The molecule has 1 N–H and O–H groups in total. The van der Waals surface area contributed by atoms with Crippen molar-refractivity contribution in [3.8, 4) is 22.6 Å². The Hall–Kier alpha value is -3.81. The second-order valence-electron chi connectivity index (χ2n) is 7.49. The van der Waals surface area contributed by atoms with Gasteiger partial charge in [-0.3, -0.25) is 4.79 Å². The fourth-order valence-electron chi connectivity index (χ4n) is 3.77. The van der Waals surface area contributed by atoms with Gasteiger partial charge in [0.15, 0.2) is 5.82 Å². The predicted octanol–water partition coefficient (Wildman–Crippen LogP) is 4.72. The molecule has 8 heteroatoms. The zero-order chi connectivity index (χ0) is 21.2. The molecule has 0 unspecified atom stereocenters. The van der Waals surface area contributed by atoms with Gasteiger partial charge >= 0.3 is 0 Å². The van der Waals surface area contributed by atoms with Crippen molar-refractivity contribution in [2.75, 3.05) is 5.32 Å². The van der Waals surface area contributed by atoms with Crippen LogP contribution in [0.2, 0.25) is 0 Å². The van der Waals surface area contributed by atoms with Crippen LogP contribution in [0, 0.1) is 5.82 Å². The Balaban J connectivity index is 1.40. The van der Waals surface area contributed by atoms with Gasteiger partial charge in [-0.15, -0.1) is 10.2 Å². The number of aryl methyl sites for hydroxylation is 1. The van der Waals surface area contributed by atoms with E-state index in [9.17, 15) is 9.18 Å². The van der Waals surface area contributed by atoms with E-state index >= 15 is 0 Å². The lowest BCUT2D eigenvalue weighted by Crippen LogP contribution is -2.12. The van der Waals surface area contributed by atoms with Crippen molar-refractivity contribution in [1.29, 1.82) is 0 Å². The minimum absolute atomic E-state index is 0.000000716. The quantitative estimate of drug-likeness (QED) is 0.519. The number of aromatic nitrogens is 4. The van der Waals surface area contributed by atoms with Crippen molar-refractivity contribution in [2.24, 2.45) is 0 Å². The van der Waals surface area contributed by atoms with E-state index in [1.807, 2.05) is 30.3 Å². The minimum atomic E-state index is -0.578. The van der Waals surface area contributed by atoms with Gasteiger partial charge in [-0.2, -0.15) is 0 Å². The lowest BCUT2D eigenvalue weighted by molar-refractivity contribution is 0.0987. The van der Waals surface area contributed by atoms with E-state index in [2.05, 4.69) is 25.2 Å². The maximum absolute atomic E-state index is 14.5. The first-order chi connectivity index (χ1) is 15.2. The van der Waals surface area contributed by atoms with Crippen LogP contribution in [0.5, 0.6) is 0 Å². The second-order valence-corrected chi connectivity index (χ2v) is 7.49. The minimum Gasteiger partial charge on any atom is -0.350 e. The van der Waals surface area contributed by atoms with Crippen molar-refractivity contribution in [1.82, 2.24) is 19.9 Å². The van der Waals surface area contributed by atoms with Gasteiger partial charge in [-0.25, -0.2) is 4.39 Å². The molecule has 0 aliphatic carbocycles. The number of hydrogen-bond acceptors (Lipinski definition) is 5. The first kappa shape index (κ1) is 19.2. The van der Waals surface area contributed by atoms with Gasteiger partial charge in [-0.1, -0.05) is 41.9 Å². The van der Waals surface area contributed by atoms with Crippen LogP contribution in [0.4, 0.5) is 10.1 Å². The number of halogens is 1. The number of nitrogens with one attached hydrogen (secondary N) is 1. The summed E-state index contributed by atoms with van der Waals surface area (Å²) in [6.07, 6.45) is 4.17. The normalized spacial score (nSPS) is 13.5. The van der Waals surface area contributed by atoms with E-state index in [4.69, 9.17) is 4.52 Å². The third-order valence-corrected chi connectivity index (χ3v) is 5.39. The number of anilines is 1. The van der Waals surface area contributed by atoms with Crippen LogP contribution in [0.1, 0.15) is 35.6 Å². The van der Waals surface area contributed by atoms with Crippen molar-refractivity contribution in [3.05, 3.63) is 72.0 Å². The van der Waals surface area contributed by atoms with E-state index in [0.29, 0.717) is 17.1 Å². The molecule has 2 aromatic carbocycles. The fourth-order valence-corrected chi connectivity index (χ4v) is 3.77. The second kappa shape index (κ2) is 8.14. The Labute approximate surface area is 177 Å². The molecule has 7 nitrogen and oxygen atoms in total. The summed E-state index contributed by atoms with van der Waals surface area (Å²) in [6.45, 7) is 0.830. The molecule has 0 atom stereocenters. The van der Waals surface area contributed by atoms with Gasteiger partial charge in [0.25, 0.3) is 5.91 Å². The number of nitrogens with zero attached hydrogens (tertiary/aromatic N) is 4. The monoisotopic (exact) mass is 417 g/mol. The summed E-state index contributed by atoms with van der Waals surface area (Å²) in [5, 5.41) is 15.1. The number of fused-ring (bicyclic) bond motifs is 1. The first-order valence-corrected chi connectivity index (χ1v) is 10.2. The van der Waals surface area contributed by atoms with Crippen molar-refractivity contribution in [3.63, 3.8) is 0 Å². The van der Waals surface area contributed by atoms with Crippen LogP contribution in [0.15, 0.2) is 59.1 Å². The highest BCUT2D eigenvalue weighted by atomic mass is 19.1. The smallest absolute Gasteiger partial charge is 0.294 e. The first-order valence-electron chi connectivity index (χ1n) is 10.2. The van der Waals surface area contributed by atoms with Gasteiger partial charge in [0.1, 0.15) is 17.3 Å². The zero-order valence-electron chi connectivity index (χ0n) is 16.7. The maximum atomic E-state index is 14.5. The van der Waals surface area contributed by atoms with E-state index in [0.717, 1.165) is 43.6 Å². The summed E-state index contributed by atoms with van der Waals surface area (Å²) in [7, 11) is 0. The molecule has 31 heavy (non-hydrogen) atoms. The van der Waals surface area contributed by atoms with Gasteiger partial charge in [0.2, 0.25) is 5.76 Å². The molecule has 0 saturated carbocycles. The summed E-state index contributed by atoms with van der Waals surface area (Å²) in [5.74, 6) is 0.497. The highest BCUT2D eigenvalue weighted by Crippen LogP contribution is 2.27. The molecule has 0 radical (unpaired) electrons. The number of rotatable bonds is 4.